The number of hydrogen-bond acceptors (Lipinski definition) is 2. The van der Waals surface area contributed by atoms with Gasteiger partial charge in [0.1, 0.15) is 0 Å². The maximum atomic E-state index is 6.00. The third-order valence-corrected chi connectivity index (χ3v) is 3.17. The van der Waals surface area contributed by atoms with Crippen LogP contribution in [0, 0.1) is 5.92 Å². The number of nitrogens with zero attached hydrogens (tertiary/aromatic N) is 4. The van der Waals surface area contributed by atoms with Crippen molar-refractivity contribution in [1.82, 2.24) is 14.5 Å². The number of imidazole rings is 1. The van der Waals surface area contributed by atoms with Crippen LogP contribution in [0.1, 0.15) is 19.8 Å². The maximum Gasteiger partial charge on any atom is 0.191 e. The summed E-state index contributed by atoms with van der Waals surface area (Å²) in [6.45, 7) is 5.91. The number of likely N-dealkylation sites (tertiary alicyclic amines) is 1. The van der Waals surface area contributed by atoms with Gasteiger partial charge in [-0.25, -0.2) is 4.98 Å². The van der Waals surface area contributed by atoms with Crippen molar-refractivity contribution < 1.29 is 0 Å². The first kappa shape index (κ1) is 15.3. The molecule has 0 aromatic carbocycles. The molecule has 1 atom stereocenters. The number of piperidine rings is 1. The molecule has 18 heavy (non-hydrogen) atoms. The van der Waals surface area contributed by atoms with Crippen LogP contribution in [0.5, 0.6) is 0 Å². The number of nitrogens with two attached hydrogens (primary N) is 1. The molecule has 0 bridgehead atoms. The molecule has 1 saturated heterocycles. The number of aliphatic imine (C=N–C) groups is 1. The molecule has 1 unspecified atom stereocenters. The fraction of sp³-hybridized carbons (Fsp3) is 0.667. The molecule has 0 spiro atoms. The van der Waals surface area contributed by atoms with Crippen LogP contribution in [0.15, 0.2) is 23.7 Å². The molecule has 1 aromatic heterocycles. The lowest BCUT2D eigenvalue weighted by molar-refractivity contribution is 0.270. The Balaban J connectivity index is 0.00000162. The summed E-state index contributed by atoms with van der Waals surface area (Å²) in [6, 6.07) is 0. The van der Waals surface area contributed by atoms with Crippen LogP contribution in [0.4, 0.5) is 0 Å². The minimum atomic E-state index is 0. The Morgan fingerprint density at radius 2 is 2.39 bits per heavy atom. The normalized spacial score (nSPS) is 20.6. The van der Waals surface area contributed by atoms with Gasteiger partial charge in [0.05, 0.1) is 12.9 Å². The van der Waals surface area contributed by atoms with Crippen molar-refractivity contribution in [2.45, 2.75) is 26.3 Å². The molecule has 2 rings (SSSR count). The average Bonchev–Trinajstić information content (AvgIpc) is 2.82. The van der Waals surface area contributed by atoms with E-state index in [-0.39, 0.29) is 24.0 Å². The third-order valence-electron chi connectivity index (χ3n) is 3.17. The zero-order valence-corrected chi connectivity index (χ0v) is 13.2. The lowest BCUT2D eigenvalue weighted by Gasteiger charge is -2.31. The van der Waals surface area contributed by atoms with E-state index in [1.807, 2.05) is 10.8 Å². The molecule has 1 aromatic rings. The van der Waals surface area contributed by atoms with E-state index in [2.05, 4.69) is 21.8 Å². The summed E-state index contributed by atoms with van der Waals surface area (Å²) in [5, 5.41) is 0. The summed E-state index contributed by atoms with van der Waals surface area (Å²) < 4.78 is 2.01. The molecule has 2 N–H and O–H groups in total. The Hall–Kier alpha value is -0.790. The first-order valence-corrected chi connectivity index (χ1v) is 6.26. The second-order valence-corrected chi connectivity index (χ2v) is 4.73. The summed E-state index contributed by atoms with van der Waals surface area (Å²) in [4.78, 5) is 10.6. The van der Waals surface area contributed by atoms with E-state index in [4.69, 9.17) is 5.73 Å². The van der Waals surface area contributed by atoms with Gasteiger partial charge < -0.3 is 15.2 Å². The van der Waals surface area contributed by atoms with Crippen molar-refractivity contribution in [3.05, 3.63) is 18.7 Å². The molecular formula is C12H22IN5. The summed E-state index contributed by atoms with van der Waals surface area (Å²) in [6.07, 6.45) is 8.04. The van der Waals surface area contributed by atoms with Gasteiger partial charge in [-0.3, -0.25) is 4.99 Å². The highest BCUT2D eigenvalue weighted by molar-refractivity contribution is 14.0. The van der Waals surface area contributed by atoms with Crippen molar-refractivity contribution >= 4 is 29.9 Å². The predicted octanol–water partition coefficient (Wildman–Crippen LogP) is 1.55. The van der Waals surface area contributed by atoms with Crippen molar-refractivity contribution in [2.24, 2.45) is 16.6 Å². The van der Waals surface area contributed by atoms with Crippen molar-refractivity contribution in [3.8, 4) is 0 Å². The van der Waals surface area contributed by atoms with E-state index in [0.717, 1.165) is 25.6 Å². The fourth-order valence-electron chi connectivity index (χ4n) is 2.20. The minimum absolute atomic E-state index is 0. The van der Waals surface area contributed by atoms with Crippen LogP contribution in [-0.4, -0.2) is 40.0 Å². The van der Waals surface area contributed by atoms with E-state index in [9.17, 15) is 0 Å². The van der Waals surface area contributed by atoms with Gasteiger partial charge in [0, 0.05) is 32.0 Å². The predicted molar refractivity (Wildman–Crippen MR) is 84.1 cm³/mol. The van der Waals surface area contributed by atoms with Crippen molar-refractivity contribution in [3.63, 3.8) is 0 Å². The second kappa shape index (κ2) is 7.60. The minimum Gasteiger partial charge on any atom is -0.370 e. The van der Waals surface area contributed by atoms with Crippen molar-refractivity contribution in [1.29, 1.82) is 0 Å². The summed E-state index contributed by atoms with van der Waals surface area (Å²) in [5.74, 6) is 1.42. The van der Waals surface area contributed by atoms with Gasteiger partial charge in [-0.1, -0.05) is 6.92 Å². The molecule has 1 aliphatic heterocycles. The Morgan fingerprint density at radius 1 is 1.56 bits per heavy atom. The van der Waals surface area contributed by atoms with Gasteiger partial charge in [0.15, 0.2) is 5.96 Å². The maximum absolute atomic E-state index is 6.00. The highest BCUT2D eigenvalue weighted by Gasteiger charge is 2.17. The van der Waals surface area contributed by atoms with Crippen LogP contribution in [0.2, 0.25) is 0 Å². The van der Waals surface area contributed by atoms with E-state index in [1.165, 1.54) is 12.8 Å². The number of rotatable bonds is 3. The molecule has 0 radical (unpaired) electrons. The van der Waals surface area contributed by atoms with Crippen LogP contribution in [0.3, 0.4) is 0 Å². The smallest absolute Gasteiger partial charge is 0.191 e. The van der Waals surface area contributed by atoms with Crippen LogP contribution >= 0.6 is 24.0 Å². The number of aromatic nitrogens is 2. The molecule has 0 amide bonds. The monoisotopic (exact) mass is 363 g/mol. The van der Waals surface area contributed by atoms with E-state index in [1.54, 1.807) is 12.5 Å². The molecule has 6 heteroatoms. The quantitative estimate of drug-likeness (QED) is 0.504. The van der Waals surface area contributed by atoms with E-state index < -0.39 is 0 Å². The van der Waals surface area contributed by atoms with Crippen LogP contribution < -0.4 is 5.73 Å². The van der Waals surface area contributed by atoms with Gasteiger partial charge >= 0.3 is 0 Å². The molecule has 102 valence electrons. The number of hydrogen-bond donors (Lipinski definition) is 1. The zero-order valence-electron chi connectivity index (χ0n) is 10.8. The van der Waals surface area contributed by atoms with Gasteiger partial charge in [-0.15, -0.1) is 24.0 Å². The van der Waals surface area contributed by atoms with Crippen LogP contribution in [0.25, 0.3) is 0 Å². The molecule has 1 aliphatic rings. The van der Waals surface area contributed by atoms with Gasteiger partial charge in [-0.05, 0) is 18.8 Å². The lowest BCUT2D eigenvalue weighted by atomic mass is 10.0. The fourth-order valence-corrected chi connectivity index (χ4v) is 2.20. The number of halogens is 1. The van der Waals surface area contributed by atoms with Gasteiger partial charge in [0.2, 0.25) is 0 Å². The first-order valence-electron chi connectivity index (χ1n) is 6.26. The molecule has 5 nitrogen and oxygen atoms in total. The standard InChI is InChI=1S/C12H21N5.HI/c1-11-3-2-6-17(9-11)12(13)15-5-8-16-7-4-14-10-16;/h4,7,10-11H,2-3,5-6,8-9H2,1H3,(H2,13,15);1H. The Labute approximate surface area is 125 Å². The van der Waals surface area contributed by atoms with Gasteiger partial charge in [-0.2, -0.15) is 0 Å². The number of guanidine groups is 1. The first-order chi connectivity index (χ1) is 8.25. The highest BCUT2D eigenvalue weighted by Crippen LogP contribution is 2.14. The Kier molecular flexibility index (Phi) is 6.45. The van der Waals surface area contributed by atoms with Crippen LogP contribution in [-0.2, 0) is 6.54 Å². The summed E-state index contributed by atoms with van der Waals surface area (Å²) in [7, 11) is 0. The summed E-state index contributed by atoms with van der Waals surface area (Å²) in [5.41, 5.74) is 6.00. The van der Waals surface area contributed by atoms with Crippen molar-refractivity contribution in [2.75, 3.05) is 19.6 Å². The Bertz CT molecular complexity index is 363. The largest absolute Gasteiger partial charge is 0.370 e. The average molecular weight is 363 g/mol. The van der Waals surface area contributed by atoms with Gasteiger partial charge in [0.25, 0.3) is 0 Å². The second-order valence-electron chi connectivity index (χ2n) is 4.73. The molecule has 0 aliphatic carbocycles. The molecule has 2 heterocycles. The lowest BCUT2D eigenvalue weighted by Crippen LogP contribution is -2.43. The van der Waals surface area contributed by atoms with E-state index in [0.29, 0.717) is 12.5 Å². The SMILES string of the molecule is CC1CCCN(C(N)=NCCn2ccnc2)C1.I. The molecular weight excluding hydrogens is 341 g/mol. The highest BCUT2D eigenvalue weighted by atomic mass is 127. The summed E-state index contributed by atoms with van der Waals surface area (Å²) >= 11 is 0. The third kappa shape index (κ3) is 4.47. The zero-order chi connectivity index (χ0) is 12.1. The topological polar surface area (TPSA) is 59.4 Å². The Morgan fingerprint density at radius 3 is 3.06 bits per heavy atom. The van der Waals surface area contributed by atoms with E-state index >= 15 is 0 Å². The molecule has 1 fully saturated rings. The molecule has 0 saturated carbocycles.